The molecule has 0 spiro atoms. The Bertz CT molecular complexity index is 1330. The van der Waals surface area contributed by atoms with E-state index < -0.39 is 5.97 Å². The third kappa shape index (κ3) is 3.90. The van der Waals surface area contributed by atoms with Crippen LogP contribution in [0, 0.1) is 25.2 Å². The molecule has 2 heterocycles. The van der Waals surface area contributed by atoms with Crippen molar-refractivity contribution in [3.05, 3.63) is 57.9 Å². The summed E-state index contributed by atoms with van der Waals surface area (Å²) in [6.07, 6.45) is 5.74. The average Bonchev–Trinajstić information content (AvgIpc) is 3.14. The van der Waals surface area contributed by atoms with E-state index in [1.807, 2.05) is 26.0 Å². The SMILES string of the molecule is CCOC(=O)/C=C/c1c(C#N)c2c(C)cc(C)nc2n1C1CCCc2c1ccc(OC)c2OC. The first kappa shape index (κ1) is 23.4. The second-order valence-electron chi connectivity index (χ2n) is 8.38. The highest BCUT2D eigenvalue weighted by Gasteiger charge is 2.31. The van der Waals surface area contributed by atoms with Crippen LogP contribution in [0.1, 0.15) is 59.4 Å². The van der Waals surface area contributed by atoms with E-state index in [4.69, 9.17) is 19.2 Å². The van der Waals surface area contributed by atoms with Gasteiger partial charge in [-0.3, -0.25) is 0 Å². The number of nitriles is 1. The smallest absolute Gasteiger partial charge is 0.330 e. The van der Waals surface area contributed by atoms with Crippen LogP contribution in [0.4, 0.5) is 0 Å². The molecule has 0 saturated heterocycles. The van der Waals surface area contributed by atoms with Crippen molar-refractivity contribution in [3.63, 3.8) is 0 Å². The summed E-state index contributed by atoms with van der Waals surface area (Å²) in [5, 5.41) is 11.0. The van der Waals surface area contributed by atoms with Gasteiger partial charge in [0.05, 0.1) is 38.1 Å². The number of carbonyl (C=O) groups is 1. The highest BCUT2D eigenvalue weighted by atomic mass is 16.5. The largest absolute Gasteiger partial charge is 0.493 e. The van der Waals surface area contributed by atoms with E-state index in [0.717, 1.165) is 58.4 Å². The lowest BCUT2D eigenvalue weighted by Crippen LogP contribution is -2.20. The first-order valence-electron chi connectivity index (χ1n) is 11.5. The van der Waals surface area contributed by atoms with Gasteiger partial charge in [0.15, 0.2) is 11.5 Å². The Morgan fingerprint density at radius 2 is 2.09 bits per heavy atom. The lowest BCUT2D eigenvalue weighted by Gasteiger charge is -2.30. The van der Waals surface area contributed by atoms with Crippen molar-refractivity contribution < 1.29 is 19.0 Å². The van der Waals surface area contributed by atoms with Gasteiger partial charge in [-0.1, -0.05) is 6.07 Å². The van der Waals surface area contributed by atoms with Gasteiger partial charge in [-0.2, -0.15) is 5.26 Å². The van der Waals surface area contributed by atoms with Crippen molar-refractivity contribution in [3.8, 4) is 17.6 Å². The Morgan fingerprint density at radius 3 is 2.76 bits per heavy atom. The van der Waals surface area contributed by atoms with Crippen LogP contribution in [0.2, 0.25) is 0 Å². The van der Waals surface area contributed by atoms with Crippen molar-refractivity contribution in [1.82, 2.24) is 9.55 Å². The number of nitrogens with zero attached hydrogens (tertiary/aromatic N) is 3. The summed E-state index contributed by atoms with van der Waals surface area (Å²) in [7, 11) is 3.29. The van der Waals surface area contributed by atoms with Crippen molar-refractivity contribution in [2.24, 2.45) is 0 Å². The van der Waals surface area contributed by atoms with E-state index >= 15 is 0 Å². The topological polar surface area (TPSA) is 86.4 Å². The quantitative estimate of drug-likeness (QED) is 0.379. The molecule has 4 rings (SSSR count). The summed E-state index contributed by atoms with van der Waals surface area (Å²) < 4.78 is 18.5. The molecule has 1 aromatic carbocycles. The number of aromatic nitrogens is 2. The zero-order valence-electron chi connectivity index (χ0n) is 20.3. The Kier molecular flexibility index (Phi) is 6.60. The van der Waals surface area contributed by atoms with Crippen LogP contribution in [-0.4, -0.2) is 36.3 Å². The average molecular weight is 460 g/mol. The van der Waals surface area contributed by atoms with Crippen LogP contribution >= 0.6 is 0 Å². The monoisotopic (exact) mass is 459 g/mol. The molecule has 3 aromatic rings. The maximum atomic E-state index is 12.1. The lowest BCUT2D eigenvalue weighted by atomic mass is 9.86. The van der Waals surface area contributed by atoms with Gasteiger partial charge in [-0.05, 0) is 69.4 Å². The number of esters is 1. The fraction of sp³-hybridized carbons (Fsp3) is 0.370. The molecule has 0 N–H and O–H groups in total. The van der Waals surface area contributed by atoms with Gasteiger partial charge >= 0.3 is 5.97 Å². The van der Waals surface area contributed by atoms with Gasteiger partial charge in [0, 0.05) is 22.7 Å². The van der Waals surface area contributed by atoms with E-state index in [1.165, 1.54) is 6.08 Å². The van der Waals surface area contributed by atoms with Gasteiger partial charge < -0.3 is 18.8 Å². The number of fused-ring (bicyclic) bond motifs is 2. The molecule has 1 aliphatic carbocycles. The Hall–Kier alpha value is -3.79. The Balaban J connectivity index is 2.03. The zero-order chi connectivity index (χ0) is 24.4. The number of rotatable bonds is 6. The van der Waals surface area contributed by atoms with E-state index in [1.54, 1.807) is 27.2 Å². The van der Waals surface area contributed by atoms with Crippen molar-refractivity contribution in [1.29, 1.82) is 5.26 Å². The summed E-state index contributed by atoms with van der Waals surface area (Å²) in [5.41, 5.74) is 5.96. The van der Waals surface area contributed by atoms with Crippen LogP contribution in [0.25, 0.3) is 17.1 Å². The predicted molar refractivity (Wildman–Crippen MR) is 130 cm³/mol. The molecule has 1 unspecified atom stereocenters. The molecule has 1 aliphatic rings. The fourth-order valence-electron chi connectivity index (χ4n) is 5.06. The molecule has 0 saturated carbocycles. The van der Waals surface area contributed by atoms with Crippen LogP contribution in [0.5, 0.6) is 11.5 Å². The minimum absolute atomic E-state index is 0.0799. The number of hydrogen-bond acceptors (Lipinski definition) is 6. The molecule has 7 nitrogen and oxygen atoms in total. The number of pyridine rings is 1. The number of ether oxygens (including phenoxy) is 3. The molecule has 0 aliphatic heterocycles. The molecule has 7 heteroatoms. The molecule has 176 valence electrons. The van der Waals surface area contributed by atoms with Crippen molar-refractivity contribution >= 4 is 23.1 Å². The minimum atomic E-state index is -0.445. The number of methoxy groups -OCH3 is 2. The number of carbonyl (C=O) groups excluding carboxylic acids is 1. The van der Waals surface area contributed by atoms with E-state index in [-0.39, 0.29) is 12.6 Å². The standard InChI is InChI=1S/C27H29N3O4/c1-6-34-24(31)13-11-22-20(15-28)25-16(2)14-17(3)29-27(25)30(22)21-9-7-8-19-18(21)10-12-23(32-4)26(19)33-5/h10-14,21H,6-9H2,1-5H3/b13-11+. The highest BCUT2D eigenvalue weighted by Crippen LogP contribution is 2.44. The van der Waals surface area contributed by atoms with E-state index in [9.17, 15) is 10.1 Å². The van der Waals surface area contributed by atoms with E-state index in [0.29, 0.717) is 17.0 Å². The molecule has 34 heavy (non-hydrogen) atoms. The second-order valence-corrected chi connectivity index (χ2v) is 8.38. The normalized spacial score (nSPS) is 15.2. The first-order valence-corrected chi connectivity index (χ1v) is 11.5. The molecule has 0 fully saturated rings. The van der Waals surface area contributed by atoms with Crippen LogP contribution < -0.4 is 9.47 Å². The van der Waals surface area contributed by atoms with Crippen molar-refractivity contribution in [2.45, 2.75) is 46.1 Å². The lowest BCUT2D eigenvalue weighted by molar-refractivity contribution is -0.137. The van der Waals surface area contributed by atoms with E-state index in [2.05, 4.69) is 16.7 Å². The maximum absolute atomic E-state index is 12.1. The molecule has 1 atom stereocenters. The maximum Gasteiger partial charge on any atom is 0.330 e. The number of benzene rings is 1. The second kappa shape index (κ2) is 9.60. The fourth-order valence-corrected chi connectivity index (χ4v) is 5.06. The summed E-state index contributed by atoms with van der Waals surface area (Å²) in [4.78, 5) is 17.0. The van der Waals surface area contributed by atoms with Crippen LogP contribution in [0.15, 0.2) is 24.3 Å². The number of aryl methyl sites for hydroxylation is 2. The molecule has 0 amide bonds. The number of hydrogen-bond donors (Lipinski definition) is 0. The Morgan fingerprint density at radius 1 is 1.29 bits per heavy atom. The third-order valence-electron chi connectivity index (χ3n) is 6.35. The molecule has 2 aromatic heterocycles. The summed E-state index contributed by atoms with van der Waals surface area (Å²) >= 11 is 0. The third-order valence-corrected chi connectivity index (χ3v) is 6.35. The summed E-state index contributed by atoms with van der Waals surface area (Å²) in [6.45, 7) is 5.99. The highest BCUT2D eigenvalue weighted by molar-refractivity contribution is 5.94. The van der Waals surface area contributed by atoms with Gasteiger partial charge in [0.1, 0.15) is 11.7 Å². The van der Waals surface area contributed by atoms with Gasteiger partial charge in [0.25, 0.3) is 0 Å². The van der Waals surface area contributed by atoms with Crippen molar-refractivity contribution in [2.75, 3.05) is 20.8 Å². The molecular formula is C27H29N3O4. The van der Waals surface area contributed by atoms with Crippen LogP contribution in [0.3, 0.4) is 0 Å². The zero-order valence-corrected chi connectivity index (χ0v) is 20.3. The predicted octanol–water partition coefficient (Wildman–Crippen LogP) is 5.04. The summed E-state index contributed by atoms with van der Waals surface area (Å²) in [5.74, 6) is 0.995. The van der Waals surface area contributed by atoms with Gasteiger partial charge in [0.2, 0.25) is 0 Å². The molecule has 0 radical (unpaired) electrons. The first-order chi connectivity index (χ1) is 16.4. The van der Waals surface area contributed by atoms with Gasteiger partial charge in [-0.15, -0.1) is 0 Å². The van der Waals surface area contributed by atoms with Gasteiger partial charge in [-0.25, -0.2) is 9.78 Å². The summed E-state index contributed by atoms with van der Waals surface area (Å²) in [6, 6.07) is 8.26. The molecular weight excluding hydrogens is 430 g/mol. The molecule has 0 bridgehead atoms. The van der Waals surface area contributed by atoms with Crippen LogP contribution in [-0.2, 0) is 16.0 Å². The minimum Gasteiger partial charge on any atom is -0.493 e. The Labute approximate surface area is 199 Å².